The minimum atomic E-state index is -0.463. The summed E-state index contributed by atoms with van der Waals surface area (Å²) in [6.07, 6.45) is -0.0476. The molecule has 0 spiro atoms. The standard InChI is InChI=1S/C13H24O4S2/c1-9(17-11(15)7-13(4,5)19)8-16-10(14)6-12(2,3)18/h9,18-19H,6-8H2,1-5H3. The maximum Gasteiger partial charge on any atom is 0.307 e. The number of rotatable bonds is 7. The normalized spacial score (nSPS) is 13.8. The smallest absolute Gasteiger partial charge is 0.307 e. The first-order valence-electron chi connectivity index (χ1n) is 6.19. The second-order valence-corrected chi connectivity index (χ2v) is 8.38. The molecule has 19 heavy (non-hydrogen) atoms. The molecule has 0 aliphatic heterocycles. The summed E-state index contributed by atoms with van der Waals surface area (Å²) in [5, 5.41) is 0. The van der Waals surface area contributed by atoms with Gasteiger partial charge in [-0.05, 0) is 6.92 Å². The van der Waals surface area contributed by atoms with E-state index in [1.165, 1.54) is 0 Å². The highest BCUT2D eigenvalue weighted by atomic mass is 32.1. The van der Waals surface area contributed by atoms with Crippen molar-refractivity contribution in [2.24, 2.45) is 0 Å². The largest absolute Gasteiger partial charge is 0.462 e. The van der Waals surface area contributed by atoms with Crippen LogP contribution in [0.15, 0.2) is 0 Å². The molecule has 0 aromatic rings. The zero-order valence-corrected chi connectivity index (χ0v) is 14.0. The van der Waals surface area contributed by atoms with Gasteiger partial charge in [0.15, 0.2) is 0 Å². The molecule has 0 radical (unpaired) electrons. The van der Waals surface area contributed by atoms with Crippen molar-refractivity contribution in [3.63, 3.8) is 0 Å². The summed E-state index contributed by atoms with van der Waals surface area (Å²) in [4.78, 5) is 23.0. The zero-order chi connectivity index (χ0) is 15.3. The van der Waals surface area contributed by atoms with Crippen LogP contribution < -0.4 is 0 Å². The van der Waals surface area contributed by atoms with Gasteiger partial charge in [0.1, 0.15) is 12.7 Å². The van der Waals surface area contributed by atoms with Crippen molar-refractivity contribution >= 4 is 37.2 Å². The van der Waals surface area contributed by atoms with Crippen LogP contribution in [-0.4, -0.2) is 34.1 Å². The minimum Gasteiger partial charge on any atom is -0.462 e. The van der Waals surface area contributed by atoms with Crippen LogP contribution in [0, 0.1) is 0 Å². The van der Waals surface area contributed by atoms with Crippen LogP contribution in [0.2, 0.25) is 0 Å². The highest BCUT2D eigenvalue weighted by Gasteiger charge is 2.22. The summed E-state index contributed by atoms with van der Waals surface area (Å²) in [5.41, 5.74) is 0. The minimum absolute atomic E-state index is 0.0570. The SMILES string of the molecule is CC(COC(=O)CC(C)(C)S)OC(=O)CC(C)(C)S. The molecule has 0 N–H and O–H groups in total. The van der Waals surface area contributed by atoms with E-state index in [9.17, 15) is 9.59 Å². The Morgan fingerprint density at radius 2 is 1.42 bits per heavy atom. The van der Waals surface area contributed by atoms with E-state index in [0.717, 1.165) is 0 Å². The van der Waals surface area contributed by atoms with E-state index in [1.807, 2.05) is 27.7 Å². The fourth-order valence-corrected chi connectivity index (χ4v) is 1.53. The van der Waals surface area contributed by atoms with E-state index in [4.69, 9.17) is 9.47 Å². The first-order valence-corrected chi connectivity index (χ1v) is 7.08. The molecule has 0 rings (SSSR count). The van der Waals surface area contributed by atoms with Gasteiger partial charge in [-0.3, -0.25) is 9.59 Å². The second-order valence-electron chi connectivity index (χ2n) is 5.96. The van der Waals surface area contributed by atoms with Gasteiger partial charge in [-0.25, -0.2) is 0 Å². The van der Waals surface area contributed by atoms with Crippen LogP contribution in [0.1, 0.15) is 47.5 Å². The highest BCUT2D eigenvalue weighted by molar-refractivity contribution is 7.82. The lowest BCUT2D eigenvalue weighted by molar-refractivity contribution is -0.158. The Morgan fingerprint density at radius 3 is 1.84 bits per heavy atom. The number of carbonyl (C=O) groups excluding carboxylic acids is 2. The van der Waals surface area contributed by atoms with E-state index in [2.05, 4.69) is 25.3 Å². The summed E-state index contributed by atoms with van der Waals surface area (Å²) in [5.74, 6) is -0.699. The van der Waals surface area contributed by atoms with Gasteiger partial charge in [-0.2, -0.15) is 25.3 Å². The van der Waals surface area contributed by atoms with Gasteiger partial charge in [0.25, 0.3) is 0 Å². The fourth-order valence-electron chi connectivity index (χ4n) is 1.27. The molecule has 0 bridgehead atoms. The molecular weight excluding hydrogens is 284 g/mol. The average molecular weight is 308 g/mol. The average Bonchev–Trinajstić information content (AvgIpc) is 2.08. The second kappa shape index (κ2) is 7.43. The Morgan fingerprint density at radius 1 is 1.00 bits per heavy atom. The summed E-state index contributed by atoms with van der Waals surface area (Å²) in [6, 6.07) is 0. The van der Waals surface area contributed by atoms with Gasteiger partial charge in [0, 0.05) is 9.49 Å². The Hall–Kier alpha value is -0.360. The van der Waals surface area contributed by atoms with Crippen molar-refractivity contribution in [2.45, 2.75) is 63.1 Å². The molecule has 0 fully saturated rings. The quantitative estimate of drug-likeness (QED) is 0.561. The molecular formula is C13H24O4S2. The lowest BCUT2D eigenvalue weighted by atomic mass is 10.1. The summed E-state index contributed by atoms with van der Waals surface area (Å²) >= 11 is 8.50. The molecule has 112 valence electrons. The Bertz CT molecular complexity index is 316. The van der Waals surface area contributed by atoms with Gasteiger partial charge in [-0.15, -0.1) is 0 Å². The summed E-state index contributed by atoms with van der Waals surface area (Å²) < 4.78 is 9.33. The number of carbonyl (C=O) groups is 2. The number of ether oxygens (including phenoxy) is 2. The molecule has 0 aromatic carbocycles. The van der Waals surface area contributed by atoms with E-state index in [-0.39, 0.29) is 31.4 Å². The third-order valence-corrected chi connectivity index (χ3v) is 2.28. The Balaban J connectivity index is 3.96. The van der Waals surface area contributed by atoms with Crippen molar-refractivity contribution in [3.8, 4) is 0 Å². The lowest BCUT2D eigenvalue weighted by Crippen LogP contribution is -2.27. The van der Waals surface area contributed by atoms with Gasteiger partial charge in [-0.1, -0.05) is 27.7 Å². The molecule has 1 atom stereocenters. The monoisotopic (exact) mass is 308 g/mol. The number of hydrogen-bond acceptors (Lipinski definition) is 6. The van der Waals surface area contributed by atoms with E-state index in [1.54, 1.807) is 6.92 Å². The topological polar surface area (TPSA) is 52.6 Å². The third-order valence-electron chi connectivity index (χ3n) is 1.97. The van der Waals surface area contributed by atoms with E-state index in [0.29, 0.717) is 0 Å². The molecule has 1 unspecified atom stereocenters. The van der Waals surface area contributed by atoms with Crippen molar-refractivity contribution in [1.29, 1.82) is 0 Å². The molecule has 4 nitrogen and oxygen atoms in total. The maximum atomic E-state index is 11.5. The van der Waals surface area contributed by atoms with Gasteiger partial charge < -0.3 is 9.47 Å². The Kier molecular flexibility index (Phi) is 7.29. The zero-order valence-electron chi connectivity index (χ0n) is 12.2. The van der Waals surface area contributed by atoms with Crippen LogP contribution in [-0.2, 0) is 19.1 Å². The predicted octanol–water partition coefficient (Wildman–Crippen LogP) is 2.66. The maximum absolute atomic E-state index is 11.5. The molecule has 0 aliphatic rings. The van der Waals surface area contributed by atoms with Crippen LogP contribution in [0.25, 0.3) is 0 Å². The first-order chi connectivity index (χ1) is 8.39. The first kappa shape index (κ1) is 18.6. The van der Waals surface area contributed by atoms with Gasteiger partial charge in [0.2, 0.25) is 0 Å². The lowest BCUT2D eigenvalue weighted by Gasteiger charge is -2.20. The predicted molar refractivity (Wildman–Crippen MR) is 81.9 cm³/mol. The molecule has 6 heteroatoms. The fraction of sp³-hybridized carbons (Fsp3) is 0.846. The molecule has 0 amide bonds. The molecule has 0 aliphatic carbocycles. The third kappa shape index (κ3) is 12.4. The van der Waals surface area contributed by atoms with E-state index < -0.39 is 15.6 Å². The van der Waals surface area contributed by atoms with Crippen LogP contribution in [0.4, 0.5) is 0 Å². The van der Waals surface area contributed by atoms with E-state index >= 15 is 0 Å². The molecule has 0 saturated heterocycles. The van der Waals surface area contributed by atoms with Crippen LogP contribution in [0.5, 0.6) is 0 Å². The van der Waals surface area contributed by atoms with Crippen molar-refractivity contribution in [3.05, 3.63) is 0 Å². The van der Waals surface area contributed by atoms with Crippen LogP contribution in [0.3, 0.4) is 0 Å². The van der Waals surface area contributed by atoms with Crippen LogP contribution >= 0.6 is 25.3 Å². The number of thiol groups is 2. The highest BCUT2D eigenvalue weighted by Crippen LogP contribution is 2.19. The molecule has 0 saturated carbocycles. The van der Waals surface area contributed by atoms with Crippen molar-refractivity contribution < 1.29 is 19.1 Å². The van der Waals surface area contributed by atoms with Gasteiger partial charge in [0.05, 0.1) is 12.8 Å². The summed E-state index contributed by atoms with van der Waals surface area (Å²) in [6.45, 7) is 9.06. The summed E-state index contributed by atoms with van der Waals surface area (Å²) in [7, 11) is 0. The molecule has 0 heterocycles. The van der Waals surface area contributed by atoms with Gasteiger partial charge >= 0.3 is 11.9 Å². The van der Waals surface area contributed by atoms with Crippen molar-refractivity contribution in [2.75, 3.05) is 6.61 Å². The Labute approximate surface area is 126 Å². The number of hydrogen-bond donors (Lipinski definition) is 2. The molecule has 0 aromatic heterocycles. The number of esters is 2. The van der Waals surface area contributed by atoms with Crippen molar-refractivity contribution in [1.82, 2.24) is 0 Å².